The Morgan fingerprint density at radius 2 is 0.957 bits per heavy atom. The van der Waals surface area contributed by atoms with Gasteiger partial charge in [0.05, 0.1) is 13.2 Å². The van der Waals surface area contributed by atoms with E-state index in [0.717, 1.165) is 64.2 Å². The highest BCUT2D eigenvalue weighted by Crippen LogP contribution is 2.56. The lowest BCUT2D eigenvalue weighted by molar-refractivity contribution is 0.214. The Balaban J connectivity index is 5.68. The summed E-state index contributed by atoms with van der Waals surface area (Å²) < 4.78 is 59.0. The van der Waals surface area contributed by atoms with Crippen LogP contribution < -0.4 is 0 Å². The molecule has 1 unspecified atom stereocenters. The summed E-state index contributed by atoms with van der Waals surface area (Å²) in [5.41, 5.74) is 8.12. The third kappa shape index (κ3) is 22.1. The standard InChI is InChI=1S/C38H67O6PS/c1-11-43-45(39,44-12-2)38(46(40,41)42)30-29-37(27-25-35(9)23-15-21-33(7)19-13-17-31(3)4)28-26-36(10)24-16-22-34(8)20-14-18-32(5)6/h17-18,21-22,25-26,37-38H,11-16,19-20,23-24,27-30H2,1-10H3,(H,40,41,42)/b33-21+,34-22+,35-25+,36-26+. The molecule has 1 atom stereocenters. The first-order chi connectivity index (χ1) is 21.5. The van der Waals surface area contributed by atoms with Gasteiger partial charge in [-0.2, -0.15) is 8.42 Å². The molecule has 0 aromatic heterocycles. The van der Waals surface area contributed by atoms with E-state index in [1.165, 1.54) is 33.4 Å². The third-order valence-corrected chi connectivity index (χ3v) is 12.7. The van der Waals surface area contributed by atoms with Crippen molar-refractivity contribution in [3.63, 3.8) is 0 Å². The molecule has 0 aromatic carbocycles. The second-order valence-corrected chi connectivity index (χ2v) is 17.3. The van der Waals surface area contributed by atoms with Crippen molar-refractivity contribution in [3.05, 3.63) is 69.9 Å². The maximum atomic E-state index is 13.4. The van der Waals surface area contributed by atoms with Gasteiger partial charge in [0.1, 0.15) is 0 Å². The fourth-order valence-corrected chi connectivity index (χ4v) is 8.85. The zero-order valence-corrected chi connectivity index (χ0v) is 32.6. The fraction of sp³-hybridized carbons (Fsp3) is 0.684. The van der Waals surface area contributed by atoms with Crippen LogP contribution in [0.15, 0.2) is 69.9 Å². The quantitative estimate of drug-likeness (QED) is 0.0585. The number of allylic oxidation sites excluding steroid dienone is 12. The van der Waals surface area contributed by atoms with Gasteiger partial charge in [0, 0.05) is 0 Å². The van der Waals surface area contributed by atoms with Crippen LogP contribution in [-0.2, 0) is 23.7 Å². The Bertz CT molecular complexity index is 1140. The summed E-state index contributed by atoms with van der Waals surface area (Å²) in [4.78, 5) is -1.60. The Morgan fingerprint density at radius 3 is 1.28 bits per heavy atom. The molecule has 8 heteroatoms. The van der Waals surface area contributed by atoms with Gasteiger partial charge in [0.15, 0.2) is 4.99 Å². The first kappa shape index (κ1) is 44.5. The molecule has 266 valence electrons. The SMILES string of the molecule is CCOP(=O)(OCC)C(CCC(C/C=C(\C)CC/C=C(\C)CCC=C(C)C)C/C=C(\C)CC/C=C(\C)CCC=C(C)C)S(=O)(=O)O. The third-order valence-electron chi connectivity index (χ3n) is 7.98. The van der Waals surface area contributed by atoms with Crippen LogP contribution in [0.5, 0.6) is 0 Å². The minimum absolute atomic E-state index is 0.00177. The van der Waals surface area contributed by atoms with Gasteiger partial charge in [-0.3, -0.25) is 9.12 Å². The molecule has 0 fully saturated rings. The molecule has 0 saturated carbocycles. The fourth-order valence-electron chi connectivity index (χ4n) is 5.16. The number of rotatable bonds is 25. The molecule has 0 aliphatic heterocycles. The lowest BCUT2D eigenvalue weighted by Gasteiger charge is -2.25. The predicted molar refractivity (Wildman–Crippen MR) is 199 cm³/mol. The Labute approximate surface area is 283 Å². The predicted octanol–water partition coefficient (Wildman–Crippen LogP) is 12.5. The van der Waals surface area contributed by atoms with Crippen LogP contribution in [-0.4, -0.2) is 31.2 Å². The molecule has 0 spiro atoms. The highest BCUT2D eigenvalue weighted by Gasteiger charge is 2.44. The lowest BCUT2D eigenvalue weighted by Crippen LogP contribution is -2.24. The van der Waals surface area contributed by atoms with Crippen molar-refractivity contribution in [2.45, 2.75) is 151 Å². The van der Waals surface area contributed by atoms with Gasteiger partial charge < -0.3 is 9.05 Å². The summed E-state index contributed by atoms with van der Waals surface area (Å²) in [6, 6.07) is 0. The van der Waals surface area contributed by atoms with Gasteiger partial charge >= 0.3 is 7.60 Å². The molecule has 0 aromatic rings. The van der Waals surface area contributed by atoms with E-state index >= 15 is 0 Å². The Morgan fingerprint density at radius 1 is 0.609 bits per heavy atom. The van der Waals surface area contributed by atoms with Crippen molar-refractivity contribution >= 4 is 17.7 Å². The van der Waals surface area contributed by atoms with Gasteiger partial charge in [-0.25, -0.2) is 0 Å². The first-order valence-electron chi connectivity index (χ1n) is 17.3. The molecule has 0 radical (unpaired) electrons. The molecule has 0 aliphatic rings. The van der Waals surface area contributed by atoms with Crippen molar-refractivity contribution in [2.24, 2.45) is 5.92 Å². The Kier molecular flexibility index (Phi) is 23.8. The average Bonchev–Trinajstić information content (AvgIpc) is 2.93. The summed E-state index contributed by atoms with van der Waals surface area (Å²) in [5, 5.41) is 0. The van der Waals surface area contributed by atoms with E-state index in [0.29, 0.717) is 6.42 Å². The molecule has 46 heavy (non-hydrogen) atoms. The van der Waals surface area contributed by atoms with Crippen LogP contribution >= 0.6 is 7.60 Å². The molecule has 0 saturated heterocycles. The highest BCUT2D eigenvalue weighted by atomic mass is 32.2. The van der Waals surface area contributed by atoms with E-state index in [4.69, 9.17) is 9.05 Å². The molecule has 0 bridgehead atoms. The van der Waals surface area contributed by atoms with Crippen molar-refractivity contribution in [1.29, 1.82) is 0 Å². The lowest BCUT2D eigenvalue weighted by atomic mass is 9.93. The van der Waals surface area contributed by atoms with Crippen LogP contribution in [0.2, 0.25) is 0 Å². The Hall–Kier alpha value is -1.50. The first-order valence-corrected chi connectivity index (χ1v) is 20.4. The van der Waals surface area contributed by atoms with Crippen molar-refractivity contribution in [1.82, 2.24) is 0 Å². The monoisotopic (exact) mass is 682 g/mol. The van der Waals surface area contributed by atoms with Gasteiger partial charge in [-0.05, 0) is 152 Å². The smallest absolute Gasteiger partial charge is 0.308 e. The molecule has 0 heterocycles. The maximum Gasteiger partial charge on any atom is 0.351 e. The van der Waals surface area contributed by atoms with Crippen LogP contribution in [0.4, 0.5) is 0 Å². The van der Waals surface area contributed by atoms with Gasteiger partial charge in [0.25, 0.3) is 10.1 Å². The van der Waals surface area contributed by atoms with Gasteiger partial charge in [0.2, 0.25) is 0 Å². The molecule has 1 N–H and O–H groups in total. The van der Waals surface area contributed by atoms with E-state index in [9.17, 15) is 17.5 Å². The van der Waals surface area contributed by atoms with E-state index in [2.05, 4.69) is 91.8 Å². The normalized spacial score (nSPS) is 14.5. The number of hydrogen-bond acceptors (Lipinski definition) is 5. The van der Waals surface area contributed by atoms with Crippen molar-refractivity contribution < 1.29 is 26.6 Å². The minimum atomic E-state index is -4.65. The second kappa shape index (κ2) is 24.6. The summed E-state index contributed by atoms with van der Waals surface area (Å²) in [7, 11) is -8.70. The van der Waals surface area contributed by atoms with Crippen LogP contribution in [0.3, 0.4) is 0 Å². The second-order valence-electron chi connectivity index (χ2n) is 13.2. The largest absolute Gasteiger partial charge is 0.351 e. The zero-order valence-electron chi connectivity index (χ0n) is 30.9. The molecule has 0 aliphatic carbocycles. The highest BCUT2D eigenvalue weighted by molar-refractivity contribution is 7.94. The van der Waals surface area contributed by atoms with E-state index in [-0.39, 0.29) is 25.6 Å². The van der Waals surface area contributed by atoms with E-state index in [1.807, 2.05) is 0 Å². The zero-order chi connectivity index (χ0) is 35.2. The number of hydrogen-bond donors (Lipinski definition) is 1. The molecular weight excluding hydrogens is 615 g/mol. The summed E-state index contributed by atoms with van der Waals surface area (Å²) in [6.45, 7) is 20.5. The van der Waals surface area contributed by atoms with Crippen molar-refractivity contribution in [2.75, 3.05) is 13.2 Å². The van der Waals surface area contributed by atoms with E-state index in [1.54, 1.807) is 13.8 Å². The molecule has 0 rings (SSSR count). The molecular formula is C38H67O6PS. The maximum absolute atomic E-state index is 13.4. The van der Waals surface area contributed by atoms with Crippen LogP contribution in [0, 0.1) is 5.92 Å². The topological polar surface area (TPSA) is 89.9 Å². The van der Waals surface area contributed by atoms with E-state index < -0.39 is 22.7 Å². The van der Waals surface area contributed by atoms with Crippen LogP contribution in [0.25, 0.3) is 0 Å². The van der Waals surface area contributed by atoms with Gasteiger partial charge in [-0.1, -0.05) is 69.9 Å². The van der Waals surface area contributed by atoms with Crippen LogP contribution in [0.1, 0.15) is 146 Å². The summed E-state index contributed by atoms with van der Waals surface area (Å²) in [5.74, 6) is 0.119. The molecule has 0 amide bonds. The average molecular weight is 683 g/mol. The van der Waals surface area contributed by atoms with Crippen molar-refractivity contribution in [3.8, 4) is 0 Å². The minimum Gasteiger partial charge on any atom is -0.308 e. The summed E-state index contributed by atoms with van der Waals surface area (Å²) >= 11 is 0. The molecule has 6 nitrogen and oxygen atoms in total. The van der Waals surface area contributed by atoms with Gasteiger partial charge in [-0.15, -0.1) is 0 Å². The summed E-state index contributed by atoms with van der Waals surface area (Å²) in [6.07, 6.45) is 24.0.